The molecule has 0 amide bonds. The summed E-state index contributed by atoms with van der Waals surface area (Å²) >= 11 is 0. The van der Waals surface area contributed by atoms with E-state index in [1.807, 2.05) is 0 Å². The van der Waals surface area contributed by atoms with E-state index in [2.05, 4.69) is 4.98 Å². The molecule has 3 N–H and O–H groups in total. The molecule has 1 heterocycles. The van der Waals surface area contributed by atoms with E-state index in [0.29, 0.717) is 5.57 Å². The molecule has 0 saturated carbocycles. The quantitative estimate of drug-likeness (QED) is 0.691. The number of H-pyrrole nitrogens is 1. The van der Waals surface area contributed by atoms with E-state index in [-0.39, 0.29) is 35.3 Å². The van der Waals surface area contributed by atoms with Crippen molar-refractivity contribution in [3.63, 3.8) is 0 Å². The van der Waals surface area contributed by atoms with Gasteiger partial charge in [0.05, 0.1) is 8.28 Å². The third-order valence-corrected chi connectivity index (χ3v) is 3.54. The average Bonchev–Trinajstić information content (AvgIpc) is 2.48. The van der Waals surface area contributed by atoms with Crippen molar-refractivity contribution in [1.29, 1.82) is 0 Å². The highest BCUT2D eigenvalue weighted by Gasteiger charge is 2.43. The number of hydrogen-bond donors (Lipinski definition) is 2. The third-order valence-electron chi connectivity index (χ3n) is 3.54. The largest absolute Gasteiger partial charge is 0.326 e. The molecule has 0 saturated heterocycles. The van der Waals surface area contributed by atoms with Crippen LogP contribution in [0.3, 0.4) is 0 Å². The number of rotatable bonds is 0. The summed E-state index contributed by atoms with van der Waals surface area (Å²) in [5.74, 6) is -1.20. The lowest BCUT2D eigenvalue weighted by atomic mass is 9.63. The molecular weight excluding hydrogens is 224 g/mol. The molecule has 18 heavy (non-hydrogen) atoms. The molecule has 1 aromatic rings. The zero-order valence-corrected chi connectivity index (χ0v) is 9.92. The van der Waals surface area contributed by atoms with Crippen molar-refractivity contribution in [2.24, 2.45) is 11.7 Å². The van der Waals surface area contributed by atoms with Crippen LogP contribution < -0.4 is 11.3 Å². The fourth-order valence-corrected chi connectivity index (χ4v) is 2.77. The van der Waals surface area contributed by atoms with Gasteiger partial charge >= 0.3 is 0 Å². The number of nitrogens with one attached hydrogen (secondary N) is 1. The summed E-state index contributed by atoms with van der Waals surface area (Å²) in [6.45, 7) is -0.912. The molecule has 2 aliphatic carbocycles. The summed E-state index contributed by atoms with van der Waals surface area (Å²) in [5, 5.41) is 0. The average molecular weight is 249 g/mol. The van der Waals surface area contributed by atoms with E-state index >= 15 is 0 Å². The smallest absolute Gasteiger partial charge is 0.248 e. The summed E-state index contributed by atoms with van der Waals surface area (Å²) < 4.78 is 56.2. The monoisotopic (exact) mass is 249 g/mol. The van der Waals surface area contributed by atoms with Gasteiger partial charge in [0.1, 0.15) is 0 Å². The maximum Gasteiger partial charge on any atom is 0.248 e. The van der Waals surface area contributed by atoms with Gasteiger partial charge in [0.15, 0.2) is 0 Å². The predicted octanol–water partition coefficient (Wildman–Crippen LogP) is 2.00. The van der Waals surface area contributed by atoms with Gasteiger partial charge in [-0.25, -0.2) is 0 Å². The first-order valence-electron chi connectivity index (χ1n) is 9.26. The van der Waals surface area contributed by atoms with Crippen molar-refractivity contribution < 1.29 is 9.60 Å². The van der Waals surface area contributed by atoms with Crippen LogP contribution in [0.2, 0.25) is 0 Å². The SMILES string of the molecule is [2H]C1=C(C([2H])([2H])[2H])C[C@@]2(N)/C(=C/C)[C@@H]1C([2H])([2H])c1[nH]c(=O)c([2H])cc12. The van der Waals surface area contributed by atoms with Crippen LogP contribution in [-0.2, 0) is 11.9 Å². The molecule has 0 spiro atoms. The Bertz CT molecular complexity index is 881. The van der Waals surface area contributed by atoms with E-state index in [0.717, 1.165) is 0 Å². The molecule has 3 nitrogen and oxygen atoms in total. The number of hydrogen-bond acceptors (Lipinski definition) is 2. The van der Waals surface area contributed by atoms with Gasteiger partial charge in [0.2, 0.25) is 5.56 Å². The van der Waals surface area contributed by atoms with E-state index in [1.165, 1.54) is 6.07 Å². The second-order valence-electron chi connectivity index (χ2n) is 4.62. The van der Waals surface area contributed by atoms with Crippen molar-refractivity contribution in [3.8, 4) is 0 Å². The zero-order chi connectivity index (χ0) is 18.9. The first kappa shape index (κ1) is 6.02. The highest BCUT2D eigenvalue weighted by Crippen LogP contribution is 2.47. The van der Waals surface area contributed by atoms with Gasteiger partial charge in [-0.15, -0.1) is 0 Å². The molecule has 0 fully saturated rings. The Morgan fingerprint density at radius 3 is 3.33 bits per heavy atom. The molecule has 0 aromatic carbocycles. The number of nitrogens with two attached hydrogens (primary N) is 1. The van der Waals surface area contributed by atoms with Gasteiger partial charge in [-0.3, -0.25) is 4.79 Å². The Hall–Kier alpha value is -1.61. The normalized spacial score (nSPS) is 41.8. The molecule has 0 unspecified atom stereocenters. The molecule has 1 aromatic heterocycles. The van der Waals surface area contributed by atoms with Crippen LogP contribution in [0.25, 0.3) is 0 Å². The minimum absolute atomic E-state index is 0.0825. The Morgan fingerprint density at radius 2 is 2.61 bits per heavy atom. The van der Waals surface area contributed by atoms with Gasteiger partial charge in [-0.2, -0.15) is 0 Å². The van der Waals surface area contributed by atoms with Crippen LogP contribution in [0.5, 0.6) is 0 Å². The number of aromatic amines is 1. The summed E-state index contributed by atoms with van der Waals surface area (Å²) in [6, 6.07) is 0.516. The lowest BCUT2D eigenvalue weighted by Crippen LogP contribution is -2.48. The number of allylic oxidation sites excluding steroid dienone is 2. The maximum absolute atomic E-state index is 11.8. The lowest BCUT2D eigenvalue weighted by molar-refractivity contribution is 0.409. The second kappa shape index (κ2) is 3.69. The lowest BCUT2D eigenvalue weighted by Gasteiger charge is -2.45. The van der Waals surface area contributed by atoms with Crippen molar-refractivity contribution in [1.82, 2.24) is 4.98 Å². The molecule has 3 rings (SSSR count). The first-order chi connectivity index (χ1) is 11.4. The van der Waals surface area contributed by atoms with Crippen LogP contribution in [0, 0.1) is 5.92 Å². The summed E-state index contributed by atoms with van der Waals surface area (Å²) in [7, 11) is 0. The highest BCUT2D eigenvalue weighted by molar-refractivity contribution is 5.48. The van der Waals surface area contributed by atoms with Crippen LogP contribution >= 0.6 is 0 Å². The van der Waals surface area contributed by atoms with Crippen LogP contribution in [0.1, 0.15) is 41.0 Å². The van der Waals surface area contributed by atoms with Crippen molar-refractivity contribution in [3.05, 3.63) is 57.0 Å². The van der Waals surface area contributed by atoms with Crippen LogP contribution in [0.4, 0.5) is 0 Å². The maximum atomic E-state index is 11.8. The number of fused-ring (bicyclic) bond motifs is 4. The van der Waals surface area contributed by atoms with Gasteiger partial charge in [-0.1, -0.05) is 17.7 Å². The van der Waals surface area contributed by atoms with Crippen LogP contribution in [0.15, 0.2) is 40.2 Å². The van der Waals surface area contributed by atoms with Gasteiger partial charge < -0.3 is 10.7 Å². The summed E-state index contributed by atoms with van der Waals surface area (Å²) in [5.41, 5.74) is 4.75. The van der Waals surface area contributed by atoms with Crippen molar-refractivity contribution in [2.75, 3.05) is 0 Å². The molecule has 2 aliphatic rings. The number of aromatic nitrogens is 1. The Kier molecular flexibility index (Phi) is 1.23. The van der Waals surface area contributed by atoms with Gasteiger partial charge in [0, 0.05) is 24.5 Å². The van der Waals surface area contributed by atoms with Crippen LogP contribution in [-0.4, -0.2) is 4.98 Å². The molecule has 0 radical (unpaired) electrons. The summed E-state index contributed by atoms with van der Waals surface area (Å²) in [4.78, 5) is 14.2. The third kappa shape index (κ3) is 1.44. The molecule has 3 heteroatoms. The highest BCUT2D eigenvalue weighted by atomic mass is 16.1. The van der Waals surface area contributed by atoms with Gasteiger partial charge in [-0.05, 0) is 43.8 Å². The van der Waals surface area contributed by atoms with Gasteiger partial charge in [0.25, 0.3) is 0 Å². The molecule has 2 atom stereocenters. The summed E-state index contributed by atoms with van der Waals surface area (Å²) in [6.07, 6.45) is -0.807. The van der Waals surface area contributed by atoms with Crippen molar-refractivity contribution >= 4 is 0 Å². The standard InChI is InChI=1S/C15H18N2O/c1-3-11-10-6-9(2)8-15(11,16)12-4-5-14(18)17-13(12)7-10/h3-6,10H,7-8,16H2,1-2H3,(H,17,18)/b11-3+/t10-,15+/m0/s1/i2D3,5D,6D,7D2. The van der Waals surface area contributed by atoms with E-state index < -0.39 is 30.2 Å². The molecule has 0 aliphatic heterocycles. The topological polar surface area (TPSA) is 58.9 Å². The number of pyridine rings is 1. The first-order valence-corrected chi connectivity index (χ1v) is 5.76. The van der Waals surface area contributed by atoms with E-state index in [9.17, 15) is 4.79 Å². The predicted molar refractivity (Wildman–Crippen MR) is 72.3 cm³/mol. The zero-order valence-electron chi connectivity index (χ0n) is 16.9. The Morgan fingerprint density at radius 1 is 1.78 bits per heavy atom. The Labute approximate surface area is 116 Å². The minimum atomic E-state index is -2.57. The van der Waals surface area contributed by atoms with Crippen molar-refractivity contribution in [2.45, 2.75) is 32.1 Å². The fraction of sp³-hybridized carbons (Fsp3) is 0.400. The second-order valence-corrected chi connectivity index (χ2v) is 4.62. The Balaban J connectivity index is 2.45. The van der Waals surface area contributed by atoms with E-state index in [4.69, 9.17) is 15.3 Å². The molecular formula is C15H18N2O. The molecule has 94 valence electrons. The molecule has 2 bridgehead atoms. The fourth-order valence-electron chi connectivity index (χ4n) is 2.77. The minimum Gasteiger partial charge on any atom is -0.326 e. The van der Waals surface area contributed by atoms with E-state index in [1.54, 1.807) is 13.0 Å².